The molecule has 1 aromatic carbocycles. The van der Waals surface area contributed by atoms with Gasteiger partial charge in [0.15, 0.2) is 0 Å². The van der Waals surface area contributed by atoms with Crippen molar-refractivity contribution in [2.75, 3.05) is 0 Å². The molecular formula is C15H12N2. The van der Waals surface area contributed by atoms with Gasteiger partial charge in [-0.1, -0.05) is 24.3 Å². The average Bonchev–Trinajstić information content (AvgIpc) is 2.89. The largest absolute Gasteiger partial charge is 0.362 e. The van der Waals surface area contributed by atoms with Gasteiger partial charge in [-0.3, -0.25) is 0 Å². The van der Waals surface area contributed by atoms with Crippen LogP contribution >= 0.6 is 0 Å². The summed E-state index contributed by atoms with van der Waals surface area (Å²) in [5.41, 5.74) is 3.08. The zero-order valence-corrected chi connectivity index (χ0v) is 9.30. The average molecular weight is 220 g/mol. The Morgan fingerprint density at radius 2 is 1.82 bits per heavy atom. The molecule has 0 amide bonds. The third-order valence-electron chi connectivity index (χ3n) is 2.68. The van der Waals surface area contributed by atoms with E-state index in [1.807, 2.05) is 54.7 Å². The van der Waals surface area contributed by atoms with Crippen LogP contribution in [0.1, 0.15) is 11.4 Å². The number of hydrogen-bond acceptors (Lipinski definition) is 1. The Balaban J connectivity index is 1.96. The number of aromatic nitrogens is 2. The van der Waals surface area contributed by atoms with E-state index in [-0.39, 0.29) is 0 Å². The van der Waals surface area contributed by atoms with Crippen molar-refractivity contribution < 1.29 is 0 Å². The molecule has 0 aliphatic carbocycles. The van der Waals surface area contributed by atoms with Crippen LogP contribution in [-0.2, 0) is 0 Å². The number of benzene rings is 1. The number of pyridine rings is 1. The van der Waals surface area contributed by atoms with E-state index in [4.69, 9.17) is 0 Å². The number of fused-ring (bicyclic) bond motifs is 1. The number of aromatic amines is 1. The molecule has 0 radical (unpaired) electrons. The second-order valence-electron chi connectivity index (χ2n) is 3.89. The third-order valence-corrected chi connectivity index (χ3v) is 2.68. The van der Waals surface area contributed by atoms with Crippen molar-refractivity contribution in [1.29, 1.82) is 0 Å². The maximum Gasteiger partial charge on any atom is 0.0709 e. The molecule has 0 unspecified atom stereocenters. The van der Waals surface area contributed by atoms with Crippen LogP contribution < -0.4 is 0 Å². The van der Waals surface area contributed by atoms with Crippen molar-refractivity contribution in [3.05, 3.63) is 66.1 Å². The highest BCUT2D eigenvalue weighted by atomic mass is 14.7. The van der Waals surface area contributed by atoms with Gasteiger partial charge >= 0.3 is 0 Å². The summed E-state index contributed by atoms with van der Waals surface area (Å²) in [5.74, 6) is 0. The van der Waals surface area contributed by atoms with E-state index in [1.165, 1.54) is 5.39 Å². The smallest absolute Gasteiger partial charge is 0.0709 e. The molecule has 0 fully saturated rings. The molecule has 82 valence electrons. The first-order valence-electron chi connectivity index (χ1n) is 5.59. The molecule has 0 bridgehead atoms. The summed E-state index contributed by atoms with van der Waals surface area (Å²) in [6.45, 7) is 0. The number of rotatable bonds is 2. The molecular weight excluding hydrogens is 208 g/mol. The Labute approximate surface area is 99.6 Å². The molecule has 3 rings (SSSR count). The van der Waals surface area contributed by atoms with Gasteiger partial charge < -0.3 is 4.98 Å². The molecule has 0 aliphatic rings. The molecule has 2 nitrogen and oxygen atoms in total. The molecule has 0 aliphatic heterocycles. The first-order chi connectivity index (χ1) is 8.42. The van der Waals surface area contributed by atoms with E-state index in [1.54, 1.807) is 0 Å². The van der Waals surface area contributed by atoms with Gasteiger partial charge in [0.05, 0.1) is 11.2 Å². The summed E-state index contributed by atoms with van der Waals surface area (Å²) >= 11 is 0. The van der Waals surface area contributed by atoms with Gasteiger partial charge in [0.1, 0.15) is 0 Å². The zero-order chi connectivity index (χ0) is 11.5. The van der Waals surface area contributed by atoms with Crippen LogP contribution in [0.4, 0.5) is 0 Å². The van der Waals surface area contributed by atoms with E-state index in [9.17, 15) is 0 Å². The summed E-state index contributed by atoms with van der Waals surface area (Å²) < 4.78 is 0. The minimum Gasteiger partial charge on any atom is -0.362 e. The Hall–Kier alpha value is -2.35. The molecule has 2 heterocycles. The predicted octanol–water partition coefficient (Wildman–Crippen LogP) is 3.73. The lowest BCUT2D eigenvalue weighted by molar-refractivity contribution is 1.36. The fourth-order valence-electron chi connectivity index (χ4n) is 1.80. The van der Waals surface area contributed by atoms with Gasteiger partial charge in [0.25, 0.3) is 0 Å². The summed E-state index contributed by atoms with van der Waals surface area (Å²) in [7, 11) is 0. The summed E-state index contributed by atoms with van der Waals surface area (Å²) in [4.78, 5) is 7.70. The van der Waals surface area contributed by atoms with Gasteiger partial charge in [-0.2, -0.15) is 0 Å². The highest BCUT2D eigenvalue weighted by molar-refractivity contribution is 5.80. The molecule has 0 saturated carbocycles. The van der Waals surface area contributed by atoms with E-state index >= 15 is 0 Å². The first-order valence-corrected chi connectivity index (χ1v) is 5.59. The molecule has 3 aromatic rings. The summed E-state index contributed by atoms with van der Waals surface area (Å²) in [6, 6.07) is 16.3. The molecule has 2 aromatic heterocycles. The predicted molar refractivity (Wildman–Crippen MR) is 71.5 cm³/mol. The maximum atomic E-state index is 4.57. The lowest BCUT2D eigenvalue weighted by atomic mass is 10.2. The summed E-state index contributed by atoms with van der Waals surface area (Å²) in [6.07, 6.45) is 5.95. The van der Waals surface area contributed by atoms with Crippen molar-refractivity contribution in [3.63, 3.8) is 0 Å². The highest BCUT2D eigenvalue weighted by Gasteiger charge is 1.94. The van der Waals surface area contributed by atoms with Crippen molar-refractivity contribution in [2.45, 2.75) is 0 Å². The highest BCUT2D eigenvalue weighted by Crippen LogP contribution is 2.13. The topological polar surface area (TPSA) is 28.7 Å². The van der Waals surface area contributed by atoms with Crippen molar-refractivity contribution in [2.24, 2.45) is 0 Å². The van der Waals surface area contributed by atoms with Crippen LogP contribution in [0.5, 0.6) is 0 Å². The number of nitrogens with zero attached hydrogens (tertiary/aromatic N) is 1. The maximum absolute atomic E-state index is 4.57. The zero-order valence-electron chi connectivity index (χ0n) is 9.30. The van der Waals surface area contributed by atoms with E-state index in [0.29, 0.717) is 0 Å². The van der Waals surface area contributed by atoms with E-state index in [0.717, 1.165) is 16.9 Å². The van der Waals surface area contributed by atoms with Crippen molar-refractivity contribution in [1.82, 2.24) is 9.97 Å². The van der Waals surface area contributed by atoms with Gasteiger partial charge in [0, 0.05) is 17.3 Å². The normalized spacial score (nSPS) is 11.3. The molecule has 0 saturated heterocycles. The van der Waals surface area contributed by atoms with Crippen LogP contribution in [0.15, 0.2) is 54.7 Å². The van der Waals surface area contributed by atoms with Crippen LogP contribution in [-0.4, -0.2) is 9.97 Å². The molecule has 1 N–H and O–H groups in total. The van der Waals surface area contributed by atoms with Crippen LogP contribution in [0.2, 0.25) is 0 Å². The first kappa shape index (κ1) is 9.85. The molecule has 17 heavy (non-hydrogen) atoms. The number of nitrogens with one attached hydrogen (secondary N) is 1. The van der Waals surface area contributed by atoms with Gasteiger partial charge in [0.2, 0.25) is 0 Å². The van der Waals surface area contributed by atoms with Crippen molar-refractivity contribution in [3.8, 4) is 0 Å². The SMILES string of the molecule is C(=C/c1ccc[nH]1)/c1ccc2ccccc2n1. The Kier molecular flexibility index (Phi) is 2.47. The number of para-hydroxylation sites is 1. The quantitative estimate of drug-likeness (QED) is 0.700. The van der Waals surface area contributed by atoms with Crippen LogP contribution in [0.25, 0.3) is 23.1 Å². The second kappa shape index (κ2) is 4.26. The van der Waals surface area contributed by atoms with Gasteiger partial charge in [-0.05, 0) is 36.4 Å². The Morgan fingerprint density at radius 3 is 2.71 bits per heavy atom. The lowest BCUT2D eigenvalue weighted by Crippen LogP contribution is -1.82. The second-order valence-corrected chi connectivity index (χ2v) is 3.89. The minimum atomic E-state index is 0.971. The van der Waals surface area contributed by atoms with E-state index in [2.05, 4.69) is 22.1 Å². The molecule has 2 heteroatoms. The lowest BCUT2D eigenvalue weighted by Gasteiger charge is -1.97. The van der Waals surface area contributed by atoms with E-state index < -0.39 is 0 Å². The Bertz CT molecular complexity index is 652. The molecule has 0 spiro atoms. The fourth-order valence-corrected chi connectivity index (χ4v) is 1.80. The van der Waals surface area contributed by atoms with Crippen molar-refractivity contribution >= 4 is 23.1 Å². The van der Waals surface area contributed by atoms with Gasteiger partial charge in [-0.25, -0.2) is 4.98 Å². The fraction of sp³-hybridized carbons (Fsp3) is 0. The third kappa shape index (κ3) is 2.11. The Morgan fingerprint density at radius 1 is 0.882 bits per heavy atom. The number of H-pyrrole nitrogens is 1. The summed E-state index contributed by atoms with van der Waals surface area (Å²) in [5, 5.41) is 1.17. The number of hydrogen-bond donors (Lipinski definition) is 1. The minimum absolute atomic E-state index is 0.971. The molecule has 0 atom stereocenters. The van der Waals surface area contributed by atoms with Crippen LogP contribution in [0, 0.1) is 0 Å². The standard InChI is InChI=1S/C15H12N2/c1-2-6-15-12(4-1)7-8-14(17-15)10-9-13-5-3-11-16-13/h1-11,16H/b10-9-. The van der Waals surface area contributed by atoms with Gasteiger partial charge in [-0.15, -0.1) is 0 Å². The monoisotopic (exact) mass is 220 g/mol. The van der Waals surface area contributed by atoms with Crippen LogP contribution in [0.3, 0.4) is 0 Å².